The van der Waals surface area contributed by atoms with Gasteiger partial charge in [0.25, 0.3) is 0 Å². The number of hydrogen-bond donors (Lipinski definition) is 1. The first kappa shape index (κ1) is 15.0. The molecule has 0 aromatic heterocycles. The Morgan fingerprint density at radius 3 is 2.33 bits per heavy atom. The summed E-state index contributed by atoms with van der Waals surface area (Å²) in [6, 6.07) is 10.1. The standard InChI is InChI=1S/C14H13NO5S/c1-10-5-7-12(8-6-10)21(19,20)9-11-3-2-4-13(16)14(11)15(17)18/h2-8,16H,9H2,1H3. The van der Waals surface area contributed by atoms with Crippen LogP contribution in [0.4, 0.5) is 5.69 Å². The Hall–Kier alpha value is -2.41. The number of para-hydroxylation sites is 1. The van der Waals surface area contributed by atoms with Crippen LogP contribution < -0.4 is 0 Å². The monoisotopic (exact) mass is 307 g/mol. The molecule has 0 radical (unpaired) electrons. The lowest BCUT2D eigenvalue weighted by atomic mass is 10.2. The van der Waals surface area contributed by atoms with E-state index < -0.39 is 32.0 Å². The molecule has 0 saturated heterocycles. The van der Waals surface area contributed by atoms with Gasteiger partial charge in [0.1, 0.15) is 0 Å². The highest BCUT2D eigenvalue weighted by Crippen LogP contribution is 2.31. The van der Waals surface area contributed by atoms with Gasteiger partial charge in [0.05, 0.1) is 15.6 Å². The van der Waals surface area contributed by atoms with Crippen LogP contribution in [-0.4, -0.2) is 18.4 Å². The van der Waals surface area contributed by atoms with Crippen LogP contribution in [0.1, 0.15) is 11.1 Å². The average molecular weight is 307 g/mol. The van der Waals surface area contributed by atoms with E-state index in [9.17, 15) is 23.6 Å². The van der Waals surface area contributed by atoms with Crippen molar-refractivity contribution in [1.82, 2.24) is 0 Å². The first-order valence-corrected chi connectivity index (χ1v) is 7.71. The predicted molar refractivity (Wildman–Crippen MR) is 76.8 cm³/mol. The smallest absolute Gasteiger partial charge is 0.314 e. The molecule has 0 fully saturated rings. The van der Waals surface area contributed by atoms with Crippen molar-refractivity contribution in [3.05, 3.63) is 63.7 Å². The van der Waals surface area contributed by atoms with Gasteiger partial charge in [-0.05, 0) is 25.1 Å². The maximum atomic E-state index is 12.3. The number of phenols is 1. The van der Waals surface area contributed by atoms with Crippen molar-refractivity contribution in [1.29, 1.82) is 0 Å². The molecule has 0 spiro atoms. The summed E-state index contributed by atoms with van der Waals surface area (Å²) < 4.78 is 24.6. The molecule has 0 amide bonds. The van der Waals surface area contributed by atoms with Gasteiger partial charge in [-0.15, -0.1) is 0 Å². The largest absolute Gasteiger partial charge is 0.502 e. The van der Waals surface area contributed by atoms with Crippen molar-refractivity contribution in [3.63, 3.8) is 0 Å². The number of nitro groups is 1. The molecule has 0 aliphatic carbocycles. The fraction of sp³-hybridized carbons (Fsp3) is 0.143. The first-order chi connectivity index (χ1) is 9.81. The van der Waals surface area contributed by atoms with Crippen molar-refractivity contribution in [3.8, 4) is 5.75 Å². The lowest BCUT2D eigenvalue weighted by molar-refractivity contribution is -0.386. The van der Waals surface area contributed by atoms with Crippen LogP contribution in [0, 0.1) is 17.0 Å². The Labute approximate surface area is 121 Å². The Bertz CT molecular complexity index is 782. The minimum Gasteiger partial charge on any atom is -0.502 e. The van der Waals surface area contributed by atoms with Crippen molar-refractivity contribution >= 4 is 15.5 Å². The molecule has 2 aromatic carbocycles. The topological polar surface area (TPSA) is 97.5 Å². The average Bonchev–Trinajstić information content (AvgIpc) is 2.38. The van der Waals surface area contributed by atoms with Crippen LogP contribution in [0.2, 0.25) is 0 Å². The van der Waals surface area contributed by atoms with Gasteiger partial charge in [-0.1, -0.05) is 29.8 Å². The molecule has 0 heterocycles. The van der Waals surface area contributed by atoms with E-state index in [2.05, 4.69) is 0 Å². The maximum absolute atomic E-state index is 12.3. The van der Waals surface area contributed by atoms with E-state index in [1.165, 1.54) is 24.3 Å². The third-order valence-corrected chi connectivity index (χ3v) is 4.69. The van der Waals surface area contributed by atoms with E-state index >= 15 is 0 Å². The molecule has 0 saturated carbocycles. The number of nitrogens with zero attached hydrogens (tertiary/aromatic N) is 1. The fourth-order valence-corrected chi connectivity index (χ4v) is 3.30. The van der Waals surface area contributed by atoms with Gasteiger partial charge in [-0.2, -0.15) is 0 Å². The molecule has 0 atom stereocenters. The number of nitro benzene ring substituents is 1. The molecular formula is C14H13NO5S. The van der Waals surface area contributed by atoms with E-state index in [0.717, 1.165) is 11.6 Å². The summed E-state index contributed by atoms with van der Waals surface area (Å²) >= 11 is 0. The van der Waals surface area contributed by atoms with Gasteiger partial charge in [-0.3, -0.25) is 10.1 Å². The highest BCUT2D eigenvalue weighted by molar-refractivity contribution is 7.90. The van der Waals surface area contributed by atoms with E-state index in [1.807, 2.05) is 6.92 Å². The lowest BCUT2D eigenvalue weighted by Gasteiger charge is -2.06. The van der Waals surface area contributed by atoms with Crippen molar-refractivity contribution in [2.45, 2.75) is 17.6 Å². The highest BCUT2D eigenvalue weighted by Gasteiger charge is 2.24. The molecule has 0 aliphatic rings. The summed E-state index contributed by atoms with van der Waals surface area (Å²) in [5.41, 5.74) is 0.297. The number of phenolic OH excluding ortho intramolecular Hbond substituents is 1. The summed E-state index contributed by atoms with van der Waals surface area (Å²) in [5.74, 6) is -1.09. The number of sulfone groups is 1. The molecule has 0 bridgehead atoms. The Morgan fingerprint density at radius 2 is 1.76 bits per heavy atom. The van der Waals surface area contributed by atoms with Crippen LogP contribution in [0.3, 0.4) is 0 Å². The van der Waals surface area contributed by atoms with Crippen LogP contribution >= 0.6 is 0 Å². The summed E-state index contributed by atoms with van der Waals surface area (Å²) in [5, 5.41) is 20.5. The van der Waals surface area contributed by atoms with Crippen molar-refractivity contribution in [2.24, 2.45) is 0 Å². The van der Waals surface area contributed by atoms with Crippen LogP contribution in [0.15, 0.2) is 47.4 Å². The van der Waals surface area contributed by atoms with Crippen molar-refractivity contribution < 1.29 is 18.4 Å². The number of benzene rings is 2. The minimum absolute atomic E-state index is 0.0411. The number of hydrogen-bond acceptors (Lipinski definition) is 5. The first-order valence-electron chi connectivity index (χ1n) is 6.06. The molecule has 6 nitrogen and oxygen atoms in total. The fourth-order valence-electron chi connectivity index (χ4n) is 1.94. The Kier molecular flexibility index (Phi) is 3.95. The quantitative estimate of drug-likeness (QED) is 0.691. The predicted octanol–water partition coefficient (Wildman–Crippen LogP) is 2.58. The molecule has 1 N–H and O–H groups in total. The second kappa shape index (κ2) is 5.53. The summed E-state index contributed by atoms with van der Waals surface area (Å²) in [4.78, 5) is 10.3. The molecule has 110 valence electrons. The zero-order chi connectivity index (χ0) is 15.6. The molecule has 0 aliphatic heterocycles. The Morgan fingerprint density at radius 1 is 1.14 bits per heavy atom. The number of rotatable bonds is 4. The Balaban J connectivity index is 2.44. The van der Waals surface area contributed by atoms with Gasteiger partial charge in [-0.25, -0.2) is 8.42 Å². The van der Waals surface area contributed by atoms with E-state index in [0.29, 0.717) is 0 Å². The zero-order valence-corrected chi connectivity index (χ0v) is 12.0. The van der Waals surface area contributed by atoms with Gasteiger partial charge in [0, 0.05) is 5.56 Å². The molecule has 21 heavy (non-hydrogen) atoms. The lowest BCUT2D eigenvalue weighted by Crippen LogP contribution is -2.07. The SMILES string of the molecule is Cc1ccc(S(=O)(=O)Cc2cccc(O)c2[N+](=O)[O-])cc1. The highest BCUT2D eigenvalue weighted by atomic mass is 32.2. The van der Waals surface area contributed by atoms with Gasteiger partial charge in [0.2, 0.25) is 0 Å². The summed E-state index contributed by atoms with van der Waals surface area (Å²) in [6.45, 7) is 1.83. The normalized spacial score (nSPS) is 11.3. The maximum Gasteiger partial charge on any atom is 0.314 e. The van der Waals surface area contributed by atoms with E-state index in [4.69, 9.17) is 0 Å². The second-order valence-corrected chi connectivity index (χ2v) is 6.60. The summed E-state index contributed by atoms with van der Waals surface area (Å²) in [6.07, 6.45) is 0. The number of aryl methyl sites for hydroxylation is 1. The van der Waals surface area contributed by atoms with Crippen LogP contribution in [0.25, 0.3) is 0 Å². The van der Waals surface area contributed by atoms with E-state index in [1.54, 1.807) is 12.1 Å². The van der Waals surface area contributed by atoms with Gasteiger partial charge >= 0.3 is 5.69 Å². The zero-order valence-electron chi connectivity index (χ0n) is 11.2. The van der Waals surface area contributed by atoms with E-state index in [-0.39, 0.29) is 10.5 Å². The van der Waals surface area contributed by atoms with Crippen LogP contribution in [-0.2, 0) is 15.6 Å². The minimum atomic E-state index is -3.72. The third kappa shape index (κ3) is 3.19. The molecule has 2 rings (SSSR count). The number of aromatic hydroxyl groups is 1. The molecule has 7 heteroatoms. The van der Waals surface area contributed by atoms with Gasteiger partial charge < -0.3 is 5.11 Å². The second-order valence-electron chi connectivity index (χ2n) is 4.61. The van der Waals surface area contributed by atoms with Crippen LogP contribution in [0.5, 0.6) is 5.75 Å². The third-order valence-electron chi connectivity index (χ3n) is 3.01. The van der Waals surface area contributed by atoms with Gasteiger partial charge in [0.15, 0.2) is 15.6 Å². The molecule has 2 aromatic rings. The summed E-state index contributed by atoms with van der Waals surface area (Å²) in [7, 11) is -3.72. The molecule has 0 unspecified atom stereocenters. The van der Waals surface area contributed by atoms with Crippen molar-refractivity contribution in [2.75, 3.05) is 0 Å². The molecular weight excluding hydrogens is 294 g/mol.